The molecule has 0 unspecified atom stereocenters. The predicted molar refractivity (Wildman–Crippen MR) is 109 cm³/mol. The van der Waals surface area contributed by atoms with Gasteiger partial charge in [-0.3, -0.25) is 9.59 Å². The van der Waals surface area contributed by atoms with Crippen molar-refractivity contribution in [3.63, 3.8) is 0 Å². The summed E-state index contributed by atoms with van der Waals surface area (Å²) in [7, 11) is 3.18. The predicted octanol–water partition coefficient (Wildman–Crippen LogP) is 2.96. The standard InChI is InChI=1S/C22H26N2O5/c1-24(14-21(25)23-17-7-11-18(27-2)12-8-17)22(26)16-5-9-19(10-6-16)29-15-20-4-3-13-28-20/h5-12,20H,3-4,13-15H2,1-2H3,(H,23,25)/t20-/m1/s1. The Hall–Kier alpha value is -3.06. The van der Waals surface area contributed by atoms with Crippen molar-refractivity contribution in [2.45, 2.75) is 18.9 Å². The number of anilines is 1. The van der Waals surface area contributed by atoms with Crippen LogP contribution < -0.4 is 14.8 Å². The van der Waals surface area contributed by atoms with Gasteiger partial charge in [-0.15, -0.1) is 0 Å². The molecule has 0 spiro atoms. The Morgan fingerprint density at radius 3 is 2.41 bits per heavy atom. The molecule has 7 heteroatoms. The molecule has 1 aliphatic rings. The van der Waals surface area contributed by atoms with Crippen molar-refractivity contribution < 1.29 is 23.8 Å². The number of nitrogens with zero attached hydrogens (tertiary/aromatic N) is 1. The molecule has 1 saturated heterocycles. The minimum atomic E-state index is -0.275. The maximum Gasteiger partial charge on any atom is 0.254 e. The number of rotatable bonds is 8. The van der Waals surface area contributed by atoms with Crippen LogP contribution in [-0.2, 0) is 9.53 Å². The van der Waals surface area contributed by atoms with E-state index in [9.17, 15) is 9.59 Å². The molecule has 0 aromatic heterocycles. The Morgan fingerprint density at radius 1 is 1.10 bits per heavy atom. The second-order valence-electron chi connectivity index (χ2n) is 6.91. The summed E-state index contributed by atoms with van der Waals surface area (Å²) in [6.07, 6.45) is 2.23. The molecule has 2 amide bonds. The first kappa shape index (κ1) is 20.7. The van der Waals surface area contributed by atoms with Gasteiger partial charge in [-0.2, -0.15) is 0 Å². The number of amides is 2. The van der Waals surface area contributed by atoms with Crippen molar-refractivity contribution in [1.82, 2.24) is 4.90 Å². The maximum absolute atomic E-state index is 12.6. The highest BCUT2D eigenvalue weighted by atomic mass is 16.5. The van der Waals surface area contributed by atoms with E-state index in [2.05, 4.69) is 5.32 Å². The number of benzene rings is 2. The molecular formula is C22H26N2O5. The summed E-state index contributed by atoms with van der Waals surface area (Å²) in [5, 5.41) is 2.76. The van der Waals surface area contributed by atoms with Crippen molar-refractivity contribution in [1.29, 1.82) is 0 Å². The molecule has 154 valence electrons. The lowest BCUT2D eigenvalue weighted by Crippen LogP contribution is -2.34. The summed E-state index contributed by atoms with van der Waals surface area (Å²) < 4.78 is 16.3. The van der Waals surface area contributed by atoms with E-state index in [-0.39, 0.29) is 24.5 Å². The number of nitrogens with one attached hydrogen (secondary N) is 1. The van der Waals surface area contributed by atoms with Crippen molar-refractivity contribution >= 4 is 17.5 Å². The smallest absolute Gasteiger partial charge is 0.254 e. The molecule has 2 aromatic carbocycles. The highest BCUT2D eigenvalue weighted by molar-refractivity contribution is 5.99. The summed E-state index contributed by atoms with van der Waals surface area (Å²) >= 11 is 0. The van der Waals surface area contributed by atoms with E-state index in [4.69, 9.17) is 14.2 Å². The van der Waals surface area contributed by atoms with Gasteiger partial charge >= 0.3 is 0 Å². The van der Waals surface area contributed by atoms with Crippen LogP contribution in [0.1, 0.15) is 23.2 Å². The van der Waals surface area contributed by atoms with Crippen LogP contribution in [0.15, 0.2) is 48.5 Å². The highest BCUT2D eigenvalue weighted by Crippen LogP contribution is 2.18. The SMILES string of the molecule is COc1ccc(NC(=O)CN(C)C(=O)c2ccc(OC[C@H]3CCCO3)cc2)cc1. The van der Waals surface area contributed by atoms with Crippen LogP contribution in [0.25, 0.3) is 0 Å². The van der Waals surface area contributed by atoms with Crippen LogP contribution in [-0.4, -0.2) is 56.7 Å². The normalized spacial score (nSPS) is 15.6. The number of hydrogen-bond acceptors (Lipinski definition) is 5. The number of ether oxygens (including phenoxy) is 3. The molecule has 1 fully saturated rings. The monoisotopic (exact) mass is 398 g/mol. The average molecular weight is 398 g/mol. The molecule has 1 heterocycles. The largest absolute Gasteiger partial charge is 0.497 e. The Labute approximate surface area is 170 Å². The third kappa shape index (κ3) is 5.96. The summed E-state index contributed by atoms with van der Waals surface area (Å²) in [6.45, 7) is 1.25. The van der Waals surface area contributed by atoms with Gasteiger partial charge in [0.25, 0.3) is 5.91 Å². The number of methoxy groups -OCH3 is 1. The van der Waals surface area contributed by atoms with Gasteiger partial charge in [-0.1, -0.05) is 0 Å². The van der Waals surface area contributed by atoms with E-state index in [1.807, 2.05) is 0 Å². The van der Waals surface area contributed by atoms with E-state index in [1.54, 1.807) is 62.7 Å². The zero-order valence-electron chi connectivity index (χ0n) is 16.7. The van der Waals surface area contributed by atoms with Crippen LogP contribution >= 0.6 is 0 Å². The lowest BCUT2D eigenvalue weighted by molar-refractivity contribution is -0.116. The summed E-state index contributed by atoms with van der Waals surface area (Å²) in [5.74, 6) is 0.888. The molecule has 0 saturated carbocycles. The number of carbonyl (C=O) groups is 2. The lowest BCUT2D eigenvalue weighted by atomic mass is 10.2. The lowest BCUT2D eigenvalue weighted by Gasteiger charge is -2.17. The first-order chi connectivity index (χ1) is 14.0. The summed E-state index contributed by atoms with van der Waals surface area (Å²) in [4.78, 5) is 26.1. The second kappa shape index (κ2) is 9.93. The van der Waals surface area contributed by atoms with Crippen molar-refractivity contribution in [2.75, 3.05) is 39.2 Å². The molecule has 3 rings (SSSR count). The first-order valence-electron chi connectivity index (χ1n) is 9.59. The first-order valence-corrected chi connectivity index (χ1v) is 9.59. The molecular weight excluding hydrogens is 372 g/mol. The van der Waals surface area contributed by atoms with Gasteiger partial charge in [0.05, 0.1) is 19.8 Å². The molecule has 7 nitrogen and oxygen atoms in total. The maximum atomic E-state index is 12.6. The Morgan fingerprint density at radius 2 is 1.79 bits per heavy atom. The summed E-state index contributed by atoms with van der Waals surface area (Å²) in [6, 6.07) is 13.9. The molecule has 29 heavy (non-hydrogen) atoms. The Kier molecular flexibility index (Phi) is 7.08. The molecule has 1 atom stereocenters. The topological polar surface area (TPSA) is 77.1 Å². The third-order valence-corrected chi connectivity index (χ3v) is 4.66. The third-order valence-electron chi connectivity index (χ3n) is 4.66. The van der Waals surface area contributed by atoms with Crippen LogP contribution in [0, 0.1) is 0 Å². The highest BCUT2D eigenvalue weighted by Gasteiger charge is 2.17. The van der Waals surface area contributed by atoms with Gasteiger partial charge in [0, 0.05) is 24.9 Å². The summed E-state index contributed by atoms with van der Waals surface area (Å²) in [5.41, 5.74) is 1.14. The van der Waals surface area contributed by atoms with Crippen LogP contribution in [0.2, 0.25) is 0 Å². The molecule has 0 radical (unpaired) electrons. The number of likely N-dealkylation sites (N-methyl/N-ethyl adjacent to an activating group) is 1. The molecule has 0 bridgehead atoms. The van der Waals surface area contributed by atoms with Crippen molar-refractivity contribution in [3.8, 4) is 11.5 Å². The Bertz CT molecular complexity index is 814. The van der Waals surface area contributed by atoms with E-state index in [0.717, 1.165) is 19.4 Å². The van der Waals surface area contributed by atoms with E-state index < -0.39 is 0 Å². The van der Waals surface area contributed by atoms with Gasteiger partial charge in [-0.05, 0) is 61.4 Å². The van der Waals surface area contributed by atoms with E-state index in [0.29, 0.717) is 29.4 Å². The molecule has 1 N–H and O–H groups in total. The molecule has 0 aliphatic carbocycles. The number of carbonyl (C=O) groups excluding carboxylic acids is 2. The zero-order valence-corrected chi connectivity index (χ0v) is 16.7. The van der Waals surface area contributed by atoms with E-state index >= 15 is 0 Å². The van der Waals surface area contributed by atoms with Gasteiger partial charge in [0.1, 0.15) is 18.1 Å². The Balaban J connectivity index is 1.48. The minimum absolute atomic E-state index is 0.0534. The van der Waals surface area contributed by atoms with Gasteiger partial charge < -0.3 is 24.4 Å². The fourth-order valence-electron chi connectivity index (χ4n) is 3.04. The molecule has 2 aromatic rings. The molecule has 1 aliphatic heterocycles. The quantitative estimate of drug-likeness (QED) is 0.740. The van der Waals surface area contributed by atoms with Crippen molar-refractivity contribution in [2.24, 2.45) is 0 Å². The minimum Gasteiger partial charge on any atom is -0.497 e. The van der Waals surface area contributed by atoms with Gasteiger partial charge in [-0.25, -0.2) is 0 Å². The van der Waals surface area contributed by atoms with Gasteiger partial charge in [0.15, 0.2) is 0 Å². The number of hydrogen-bond donors (Lipinski definition) is 1. The van der Waals surface area contributed by atoms with Crippen LogP contribution in [0.3, 0.4) is 0 Å². The van der Waals surface area contributed by atoms with Crippen LogP contribution in [0.4, 0.5) is 5.69 Å². The fraction of sp³-hybridized carbons (Fsp3) is 0.364. The van der Waals surface area contributed by atoms with Gasteiger partial charge in [0.2, 0.25) is 5.91 Å². The second-order valence-corrected chi connectivity index (χ2v) is 6.91. The van der Waals surface area contributed by atoms with Crippen LogP contribution in [0.5, 0.6) is 11.5 Å². The van der Waals surface area contributed by atoms with Crippen molar-refractivity contribution in [3.05, 3.63) is 54.1 Å². The fourth-order valence-corrected chi connectivity index (χ4v) is 3.04. The zero-order chi connectivity index (χ0) is 20.6. The van der Waals surface area contributed by atoms with E-state index in [1.165, 1.54) is 4.90 Å². The average Bonchev–Trinajstić information content (AvgIpc) is 3.26.